The second-order valence-corrected chi connectivity index (χ2v) is 8.61. The lowest BCUT2D eigenvalue weighted by Gasteiger charge is -2.41. The monoisotopic (exact) mass is 645 g/mol. The Morgan fingerprint density at radius 2 is 1.62 bits per heavy atom. The minimum atomic E-state index is -4.94. The molecule has 11 heteroatoms. The van der Waals surface area contributed by atoms with E-state index in [1.165, 1.54) is 6.92 Å². The first-order valence-corrected chi connectivity index (χ1v) is 13.8. The molecule has 0 spiro atoms. The van der Waals surface area contributed by atoms with Gasteiger partial charge in [-0.1, -0.05) is 52.9 Å². The average molecular weight is 645 g/mol. The Kier molecular flexibility index (Phi) is 11.3. The molecule has 0 amide bonds. The molecule has 1 aliphatic rings. The van der Waals surface area contributed by atoms with Crippen molar-refractivity contribution in [3.63, 3.8) is 0 Å². The van der Waals surface area contributed by atoms with Gasteiger partial charge in [0.05, 0.1) is 41.9 Å². The van der Waals surface area contributed by atoms with Crippen molar-refractivity contribution in [1.82, 2.24) is 5.32 Å². The maximum Gasteiger partial charge on any atom is 0.416 e. The van der Waals surface area contributed by atoms with Crippen LogP contribution in [0.1, 0.15) is 55.0 Å². The van der Waals surface area contributed by atoms with Crippen molar-refractivity contribution < 1.29 is 40.6 Å². The Morgan fingerprint density at radius 1 is 1.05 bits per heavy atom. The second-order valence-electron chi connectivity index (χ2n) is 8.61. The zero-order valence-corrected chi connectivity index (χ0v) is 22.8. The summed E-state index contributed by atoms with van der Waals surface area (Å²) >= 11 is 2.15. The highest BCUT2D eigenvalue weighted by molar-refractivity contribution is 14.1. The maximum absolute atomic E-state index is 13.3. The normalized spacial score (nSPS) is 21.0. The van der Waals surface area contributed by atoms with E-state index in [4.69, 9.17) is 9.47 Å². The lowest BCUT2D eigenvalue weighted by atomic mass is 9.79. The zero-order valence-electron chi connectivity index (χ0n) is 20.7. The van der Waals surface area contributed by atoms with E-state index < -0.39 is 35.1 Å². The van der Waals surface area contributed by atoms with E-state index in [2.05, 4.69) is 27.9 Å². The largest absolute Gasteiger partial charge is 0.466 e. The molecule has 1 aliphatic heterocycles. The quantitative estimate of drug-likeness (QED) is 0.149. The molecule has 37 heavy (non-hydrogen) atoms. The molecule has 0 aliphatic carbocycles. The summed E-state index contributed by atoms with van der Waals surface area (Å²) in [6.45, 7) is 3.67. The standard InChI is InChI=1S/C25H27F6NO3.CH3I/c1-3-34-22(33)17-9-10-23(32-14-17,19-7-5-4-6-8-19)15-35-16(2)18-11-20(24(26,27)28)13-21(12-18)25(29,30)31;1-2/h4-8,11-13,16-17,32H,3,9-10,14-15H2,1-2H3;1H3/t16-,17?,23-;/m1./s1. The van der Waals surface area contributed by atoms with Crippen LogP contribution in [-0.4, -0.2) is 30.7 Å². The van der Waals surface area contributed by atoms with Gasteiger partial charge in [-0.15, -0.1) is 0 Å². The molecule has 1 saturated heterocycles. The number of hydrogen-bond acceptors (Lipinski definition) is 4. The van der Waals surface area contributed by atoms with Crippen LogP contribution in [-0.2, 0) is 32.2 Å². The molecule has 1 fully saturated rings. The number of rotatable bonds is 7. The number of hydrogen-bond donors (Lipinski definition) is 1. The highest BCUT2D eigenvalue weighted by atomic mass is 127. The van der Waals surface area contributed by atoms with Crippen LogP contribution in [0.3, 0.4) is 0 Å². The van der Waals surface area contributed by atoms with E-state index in [0.717, 1.165) is 5.56 Å². The number of piperidine rings is 1. The maximum atomic E-state index is 13.3. The molecular formula is C26H30F6INO3. The molecule has 2 aromatic rings. The van der Waals surface area contributed by atoms with Crippen molar-refractivity contribution in [3.05, 3.63) is 70.8 Å². The van der Waals surface area contributed by atoms with Gasteiger partial charge in [-0.2, -0.15) is 26.3 Å². The molecule has 1 unspecified atom stereocenters. The fraction of sp³-hybridized carbons (Fsp3) is 0.500. The van der Waals surface area contributed by atoms with E-state index in [-0.39, 0.29) is 36.7 Å². The molecule has 0 radical (unpaired) electrons. The van der Waals surface area contributed by atoms with Gasteiger partial charge in [0.15, 0.2) is 0 Å². The number of carbonyl (C=O) groups excluding carboxylic acids is 1. The average Bonchev–Trinajstić information content (AvgIpc) is 2.88. The number of benzene rings is 2. The third-order valence-corrected chi connectivity index (χ3v) is 6.21. The Balaban J connectivity index is 0.00000235. The fourth-order valence-electron chi connectivity index (χ4n) is 4.18. The molecule has 4 nitrogen and oxygen atoms in total. The summed E-state index contributed by atoms with van der Waals surface area (Å²) < 4.78 is 90.5. The molecule has 0 aromatic heterocycles. The van der Waals surface area contributed by atoms with Gasteiger partial charge in [0, 0.05) is 6.54 Å². The van der Waals surface area contributed by atoms with E-state index in [1.807, 2.05) is 35.3 Å². The van der Waals surface area contributed by atoms with Gasteiger partial charge in [-0.05, 0) is 60.9 Å². The van der Waals surface area contributed by atoms with Crippen LogP contribution in [0.5, 0.6) is 0 Å². The van der Waals surface area contributed by atoms with Crippen molar-refractivity contribution in [2.24, 2.45) is 5.92 Å². The Morgan fingerprint density at radius 3 is 2.08 bits per heavy atom. The zero-order chi connectivity index (χ0) is 27.9. The van der Waals surface area contributed by atoms with Crippen LogP contribution in [0.4, 0.5) is 26.3 Å². The van der Waals surface area contributed by atoms with Gasteiger partial charge in [-0.3, -0.25) is 4.79 Å². The van der Waals surface area contributed by atoms with Crippen LogP contribution in [0.25, 0.3) is 0 Å². The van der Waals surface area contributed by atoms with Gasteiger partial charge >= 0.3 is 18.3 Å². The minimum absolute atomic E-state index is 0.0225. The highest BCUT2D eigenvalue weighted by Gasteiger charge is 2.41. The summed E-state index contributed by atoms with van der Waals surface area (Å²) in [5.74, 6) is -0.679. The third-order valence-electron chi connectivity index (χ3n) is 6.21. The second kappa shape index (κ2) is 13.3. The summed E-state index contributed by atoms with van der Waals surface area (Å²) in [6, 6.07) is 10.6. The van der Waals surface area contributed by atoms with Crippen LogP contribution >= 0.6 is 22.6 Å². The predicted molar refractivity (Wildman–Crippen MR) is 136 cm³/mol. The molecule has 0 bridgehead atoms. The summed E-state index contributed by atoms with van der Waals surface area (Å²) in [5, 5.41) is 3.33. The minimum Gasteiger partial charge on any atom is -0.466 e. The lowest BCUT2D eigenvalue weighted by Crippen LogP contribution is -2.53. The van der Waals surface area contributed by atoms with E-state index in [0.29, 0.717) is 31.5 Å². The van der Waals surface area contributed by atoms with Crippen LogP contribution in [0.2, 0.25) is 0 Å². The van der Waals surface area contributed by atoms with E-state index in [1.54, 1.807) is 6.92 Å². The first kappa shape index (κ1) is 31.4. The summed E-state index contributed by atoms with van der Waals surface area (Å²) in [4.78, 5) is 14.1. The van der Waals surface area contributed by atoms with Crippen molar-refractivity contribution in [1.29, 1.82) is 0 Å². The summed E-state index contributed by atoms with van der Waals surface area (Å²) in [7, 11) is 0. The number of ether oxygens (including phenoxy) is 2. The van der Waals surface area contributed by atoms with E-state index >= 15 is 0 Å². The van der Waals surface area contributed by atoms with Gasteiger partial charge in [-0.25, -0.2) is 0 Å². The molecule has 0 saturated carbocycles. The number of esters is 1. The van der Waals surface area contributed by atoms with E-state index in [9.17, 15) is 31.1 Å². The Bertz CT molecular complexity index is 973. The summed E-state index contributed by atoms with van der Waals surface area (Å²) in [5.41, 5.74) is -2.93. The fourth-order valence-corrected chi connectivity index (χ4v) is 4.18. The van der Waals surface area contributed by atoms with Gasteiger partial charge in [0.2, 0.25) is 0 Å². The van der Waals surface area contributed by atoms with Gasteiger partial charge < -0.3 is 14.8 Å². The van der Waals surface area contributed by atoms with Crippen LogP contribution < -0.4 is 5.32 Å². The van der Waals surface area contributed by atoms with Gasteiger partial charge in [0.1, 0.15) is 0 Å². The Hall–Kier alpha value is -1.86. The molecule has 206 valence electrons. The summed E-state index contributed by atoms with van der Waals surface area (Å²) in [6.07, 6.45) is -9.98. The molecule has 3 rings (SSSR count). The SMILES string of the molecule is CCOC(=O)C1CC[C@@](CO[C@H](C)c2cc(C(F)(F)F)cc(C(F)(F)F)c2)(c2ccccc2)NC1.CI. The number of alkyl halides is 7. The van der Waals surface area contributed by atoms with Crippen LogP contribution in [0, 0.1) is 5.92 Å². The van der Waals surface area contributed by atoms with Crippen molar-refractivity contribution in [3.8, 4) is 0 Å². The molecular weight excluding hydrogens is 615 g/mol. The first-order chi connectivity index (χ1) is 17.4. The predicted octanol–water partition coefficient (Wildman–Crippen LogP) is 7.31. The van der Waals surface area contributed by atoms with Crippen molar-refractivity contribution in [2.75, 3.05) is 24.7 Å². The molecule has 1 heterocycles. The molecule has 1 N–H and O–H groups in total. The lowest BCUT2D eigenvalue weighted by molar-refractivity contribution is -0.150. The van der Waals surface area contributed by atoms with Crippen molar-refractivity contribution >= 4 is 28.6 Å². The number of nitrogens with one attached hydrogen (secondary N) is 1. The van der Waals surface area contributed by atoms with Crippen LogP contribution in [0.15, 0.2) is 48.5 Å². The number of halogens is 7. The Labute approximate surface area is 226 Å². The number of carbonyl (C=O) groups is 1. The third kappa shape index (κ3) is 8.31. The topological polar surface area (TPSA) is 47.6 Å². The smallest absolute Gasteiger partial charge is 0.416 e. The highest BCUT2D eigenvalue weighted by Crippen LogP contribution is 2.39. The van der Waals surface area contributed by atoms with Crippen molar-refractivity contribution in [2.45, 2.75) is 50.7 Å². The van der Waals surface area contributed by atoms with Gasteiger partial charge in [0.25, 0.3) is 0 Å². The molecule has 3 atom stereocenters. The first-order valence-electron chi connectivity index (χ1n) is 11.6. The molecule has 2 aromatic carbocycles.